The molecular formula is C30H41FN4S. The maximum atomic E-state index is 13.6. The predicted molar refractivity (Wildman–Crippen MR) is 156 cm³/mol. The van der Waals surface area contributed by atoms with Crippen LogP contribution in [0.15, 0.2) is 76.9 Å². The van der Waals surface area contributed by atoms with E-state index in [4.69, 9.17) is 4.99 Å². The molecule has 6 heteroatoms. The van der Waals surface area contributed by atoms with Gasteiger partial charge in [0.15, 0.2) is 0 Å². The zero-order valence-corrected chi connectivity index (χ0v) is 23.7. The summed E-state index contributed by atoms with van der Waals surface area (Å²) in [6.45, 7) is 16.7. The summed E-state index contributed by atoms with van der Waals surface area (Å²) in [4.78, 5) is 9.53. The van der Waals surface area contributed by atoms with Crippen molar-refractivity contribution in [1.82, 2.24) is 15.1 Å². The molecule has 1 heterocycles. The summed E-state index contributed by atoms with van der Waals surface area (Å²) in [5, 5.41) is 3.38. The molecule has 0 radical (unpaired) electrons. The monoisotopic (exact) mass is 508 g/mol. The Hall–Kier alpha value is -2.83. The average Bonchev–Trinajstić information content (AvgIpc) is 2.85. The van der Waals surface area contributed by atoms with Crippen molar-refractivity contribution < 1.29 is 3.89 Å². The molecule has 194 valence electrons. The van der Waals surface area contributed by atoms with Crippen LogP contribution in [0.2, 0.25) is 0 Å². The summed E-state index contributed by atoms with van der Waals surface area (Å²) in [7, 11) is 4.05. The lowest BCUT2D eigenvalue weighted by molar-refractivity contribution is 0.324. The molecule has 0 bridgehead atoms. The first kappa shape index (κ1) is 29.4. The largest absolute Gasteiger partial charge is 0.340 e. The Morgan fingerprint density at radius 1 is 1.14 bits per heavy atom. The molecule has 0 fully saturated rings. The van der Waals surface area contributed by atoms with E-state index in [9.17, 15) is 3.89 Å². The fourth-order valence-electron chi connectivity index (χ4n) is 4.24. The van der Waals surface area contributed by atoms with Crippen LogP contribution in [0, 0.1) is 20.8 Å². The third kappa shape index (κ3) is 8.10. The molecular weight excluding hydrogens is 467 g/mol. The second-order valence-corrected chi connectivity index (χ2v) is 9.47. The van der Waals surface area contributed by atoms with Gasteiger partial charge in [-0.15, -0.1) is 0 Å². The van der Waals surface area contributed by atoms with Crippen LogP contribution in [0.3, 0.4) is 0 Å². The van der Waals surface area contributed by atoms with E-state index in [1.54, 1.807) is 0 Å². The van der Waals surface area contributed by atoms with Gasteiger partial charge < -0.3 is 15.1 Å². The van der Waals surface area contributed by atoms with Crippen LogP contribution in [0.4, 0.5) is 3.89 Å². The van der Waals surface area contributed by atoms with E-state index in [2.05, 4.69) is 74.9 Å². The highest BCUT2D eigenvalue weighted by atomic mass is 32.2. The van der Waals surface area contributed by atoms with E-state index < -0.39 is 0 Å². The first-order valence-electron chi connectivity index (χ1n) is 12.6. The number of halogens is 1. The van der Waals surface area contributed by atoms with Crippen molar-refractivity contribution in [3.05, 3.63) is 99.7 Å². The number of aryl methyl sites for hydroxylation is 3. The van der Waals surface area contributed by atoms with Crippen LogP contribution < -0.4 is 5.32 Å². The number of hydrogen-bond acceptors (Lipinski definition) is 4. The lowest BCUT2D eigenvalue weighted by Gasteiger charge is -2.31. The Balaban J connectivity index is 0.00000222. The molecule has 0 amide bonds. The number of amidine groups is 1. The Morgan fingerprint density at radius 2 is 1.81 bits per heavy atom. The zero-order chi connectivity index (χ0) is 26.7. The smallest absolute Gasteiger partial charge is 0.130 e. The first-order chi connectivity index (χ1) is 17.3. The Labute approximate surface area is 222 Å². The number of likely N-dealkylation sites (N-methyl/N-ethyl adjacent to an activating group) is 1. The molecule has 1 N–H and O–H groups in total. The Bertz CT molecular complexity index is 1100. The van der Waals surface area contributed by atoms with Crippen molar-refractivity contribution in [1.29, 1.82) is 0 Å². The molecule has 1 aliphatic rings. The molecule has 0 spiro atoms. The summed E-state index contributed by atoms with van der Waals surface area (Å²) >= 11 is 0.187. The van der Waals surface area contributed by atoms with Gasteiger partial charge in [0.05, 0.1) is 22.8 Å². The summed E-state index contributed by atoms with van der Waals surface area (Å²) < 4.78 is 13.6. The number of allylic oxidation sites excluding steroid dienone is 1. The fourth-order valence-corrected chi connectivity index (χ4v) is 4.56. The van der Waals surface area contributed by atoms with Crippen molar-refractivity contribution in [3.8, 4) is 0 Å². The summed E-state index contributed by atoms with van der Waals surface area (Å²) in [5.41, 5.74) is 7.06. The van der Waals surface area contributed by atoms with E-state index in [-0.39, 0.29) is 12.1 Å². The van der Waals surface area contributed by atoms with Gasteiger partial charge in [-0.05, 0) is 58.0 Å². The predicted octanol–water partition coefficient (Wildman–Crippen LogP) is 7.41. The number of benzene rings is 2. The molecule has 0 saturated heterocycles. The van der Waals surface area contributed by atoms with Crippen LogP contribution in [-0.4, -0.2) is 42.8 Å². The lowest BCUT2D eigenvalue weighted by atomic mass is 10.0. The molecule has 2 aromatic rings. The topological polar surface area (TPSA) is 30.9 Å². The van der Waals surface area contributed by atoms with Gasteiger partial charge in [-0.3, -0.25) is 4.99 Å². The van der Waals surface area contributed by atoms with Crippen molar-refractivity contribution in [2.75, 3.05) is 27.2 Å². The second-order valence-electron chi connectivity index (χ2n) is 8.88. The number of nitrogens with zero attached hydrogens (tertiary/aromatic N) is 3. The van der Waals surface area contributed by atoms with Crippen molar-refractivity contribution in [3.63, 3.8) is 0 Å². The fraction of sp³-hybridized carbons (Fsp3) is 0.367. The average molecular weight is 509 g/mol. The first-order valence-corrected chi connectivity index (χ1v) is 13.3. The van der Waals surface area contributed by atoms with Crippen molar-refractivity contribution in [2.45, 2.75) is 47.6 Å². The molecule has 0 aliphatic carbocycles. The third-order valence-corrected chi connectivity index (χ3v) is 6.37. The second kappa shape index (κ2) is 14.7. The quantitative estimate of drug-likeness (QED) is 0.357. The van der Waals surface area contributed by atoms with Crippen LogP contribution in [-0.2, 0) is 6.54 Å². The molecule has 0 saturated carbocycles. The number of hydrogen-bond donors (Lipinski definition) is 1. The molecule has 0 atom stereocenters. The highest BCUT2D eigenvalue weighted by Gasteiger charge is 2.22. The van der Waals surface area contributed by atoms with Gasteiger partial charge in [-0.2, -0.15) is 3.89 Å². The van der Waals surface area contributed by atoms with Gasteiger partial charge in [0.1, 0.15) is 11.7 Å². The number of aliphatic imine (C=N–C) groups is 1. The summed E-state index contributed by atoms with van der Waals surface area (Å²) in [6.07, 6.45) is 4.50. The van der Waals surface area contributed by atoms with Gasteiger partial charge in [0.2, 0.25) is 0 Å². The van der Waals surface area contributed by atoms with Crippen LogP contribution in [0.1, 0.15) is 48.1 Å². The highest BCUT2D eigenvalue weighted by molar-refractivity contribution is 7.98. The molecule has 36 heavy (non-hydrogen) atoms. The maximum absolute atomic E-state index is 13.6. The van der Waals surface area contributed by atoms with E-state index in [1.807, 2.05) is 44.0 Å². The van der Waals surface area contributed by atoms with Crippen LogP contribution in [0.5, 0.6) is 0 Å². The molecule has 3 rings (SSSR count). The molecule has 0 unspecified atom stereocenters. The lowest BCUT2D eigenvalue weighted by Crippen LogP contribution is -2.38. The minimum Gasteiger partial charge on any atom is -0.340 e. The van der Waals surface area contributed by atoms with Gasteiger partial charge in [0, 0.05) is 31.8 Å². The minimum absolute atomic E-state index is 0.187. The Kier molecular flexibility index (Phi) is 12.0. The SMILES string of the molecule is C=C/C(SF)=C1/NC(c2ccccc2C)=CC(=NCCCN(C)Cc2cc(C)cc(C)c2)N1C.CC. The molecule has 2 aromatic carbocycles. The maximum Gasteiger partial charge on any atom is 0.130 e. The van der Waals surface area contributed by atoms with Crippen LogP contribution >= 0.6 is 12.1 Å². The van der Waals surface area contributed by atoms with Crippen molar-refractivity contribution in [2.24, 2.45) is 4.99 Å². The van der Waals surface area contributed by atoms with Gasteiger partial charge in [-0.1, -0.05) is 74.0 Å². The van der Waals surface area contributed by atoms with E-state index in [0.29, 0.717) is 17.3 Å². The van der Waals surface area contributed by atoms with E-state index in [1.165, 1.54) is 22.8 Å². The molecule has 0 aromatic heterocycles. The molecule has 1 aliphatic heterocycles. The molecule has 4 nitrogen and oxygen atoms in total. The standard InChI is InChI=1S/C28H35FN4S.C2H6/c1-7-26(34-29)28-31-25(24-12-9-8-11-22(24)4)18-27(33(28)6)30-13-10-14-32(5)19-23-16-20(2)15-21(3)17-23;1-2/h7-9,11-12,15-18,31H,1,10,13-14,19H2,2-6H3;1-2H3/b28-26+,30-27?;. The Morgan fingerprint density at radius 3 is 2.42 bits per heavy atom. The number of rotatable bonds is 9. The van der Waals surface area contributed by atoms with Gasteiger partial charge in [0.25, 0.3) is 0 Å². The van der Waals surface area contributed by atoms with Crippen LogP contribution in [0.25, 0.3) is 5.70 Å². The third-order valence-electron chi connectivity index (χ3n) is 5.85. The minimum atomic E-state index is 0.187. The van der Waals surface area contributed by atoms with Gasteiger partial charge >= 0.3 is 0 Å². The normalized spacial score (nSPS) is 15.8. The van der Waals surface area contributed by atoms with E-state index in [0.717, 1.165) is 42.2 Å². The zero-order valence-electron chi connectivity index (χ0n) is 22.9. The van der Waals surface area contributed by atoms with E-state index >= 15 is 0 Å². The number of nitrogens with one attached hydrogen (secondary N) is 1. The summed E-state index contributed by atoms with van der Waals surface area (Å²) in [5.74, 6) is 1.45. The highest BCUT2D eigenvalue weighted by Crippen LogP contribution is 2.29. The summed E-state index contributed by atoms with van der Waals surface area (Å²) in [6, 6.07) is 14.9. The van der Waals surface area contributed by atoms with Gasteiger partial charge in [-0.25, -0.2) is 0 Å². The van der Waals surface area contributed by atoms with Crippen molar-refractivity contribution >= 4 is 23.7 Å².